The van der Waals surface area contributed by atoms with Gasteiger partial charge in [-0.1, -0.05) is 6.07 Å². The molecule has 0 aliphatic heterocycles. The summed E-state index contributed by atoms with van der Waals surface area (Å²) in [5.41, 5.74) is 2.24. The fourth-order valence-corrected chi connectivity index (χ4v) is 2.74. The Kier molecular flexibility index (Phi) is 9.61. The molecule has 2 rings (SSSR count). The van der Waals surface area contributed by atoms with Crippen LogP contribution in [0.2, 0.25) is 0 Å². The van der Waals surface area contributed by atoms with E-state index < -0.39 is 0 Å². The lowest BCUT2D eigenvalue weighted by Crippen LogP contribution is -3.00. The second kappa shape index (κ2) is 11.4. The Morgan fingerprint density at radius 2 is 1.22 bits per heavy atom. The van der Waals surface area contributed by atoms with Crippen LogP contribution in [0.25, 0.3) is 0 Å². The molecule has 2 aromatic carbocycles. The summed E-state index contributed by atoms with van der Waals surface area (Å²) >= 11 is 0. The Morgan fingerprint density at radius 1 is 0.667 bits per heavy atom. The molecule has 2 aromatic rings. The van der Waals surface area contributed by atoms with Crippen molar-refractivity contribution in [3.8, 4) is 28.7 Å². The average Bonchev–Trinajstić information content (AvgIpc) is 2.69. The fraction of sp³-hybridized carbons (Fsp3) is 0.400. The highest BCUT2D eigenvalue weighted by Crippen LogP contribution is 2.38. The van der Waals surface area contributed by atoms with Gasteiger partial charge in [0, 0.05) is 6.54 Å². The van der Waals surface area contributed by atoms with Gasteiger partial charge < -0.3 is 41.4 Å². The van der Waals surface area contributed by atoms with Crippen LogP contribution in [0.15, 0.2) is 30.3 Å². The summed E-state index contributed by atoms with van der Waals surface area (Å²) in [5, 5.41) is 3.43. The number of benzene rings is 2. The van der Waals surface area contributed by atoms with Crippen LogP contribution >= 0.6 is 0 Å². The van der Waals surface area contributed by atoms with Gasteiger partial charge in [-0.25, -0.2) is 0 Å². The topological polar surface area (TPSA) is 58.2 Å². The van der Waals surface area contributed by atoms with Crippen molar-refractivity contribution in [2.24, 2.45) is 0 Å². The second-order valence-electron chi connectivity index (χ2n) is 5.65. The van der Waals surface area contributed by atoms with Gasteiger partial charge in [0.1, 0.15) is 0 Å². The van der Waals surface area contributed by atoms with Crippen molar-refractivity contribution in [1.82, 2.24) is 5.32 Å². The van der Waals surface area contributed by atoms with Crippen molar-refractivity contribution in [3.63, 3.8) is 0 Å². The zero-order chi connectivity index (χ0) is 18.9. The first-order valence-corrected chi connectivity index (χ1v) is 8.37. The number of methoxy groups -OCH3 is 5. The lowest BCUT2D eigenvalue weighted by molar-refractivity contribution is -0.00000673. The molecule has 27 heavy (non-hydrogen) atoms. The highest BCUT2D eigenvalue weighted by molar-refractivity contribution is 5.53. The molecule has 1 N–H and O–H groups in total. The van der Waals surface area contributed by atoms with Gasteiger partial charge in [0.15, 0.2) is 23.0 Å². The first-order chi connectivity index (χ1) is 12.7. The Bertz CT molecular complexity index is 699. The van der Waals surface area contributed by atoms with Crippen molar-refractivity contribution in [2.75, 3.05) is 42.1 Å². The molecule has 150 valence electrons. The van der Waals surface area contributed by atoms with Gasteiger partial charge in [0.25, 0.3) is 0 Å². The van der Waals surface area contributed by atoms with E-state index in [9.17, 15) is 0 Å². The molecular weight excluding hydrogens is 370 g/mol. The van der Waals surface area contributed by atoms with Crippen LogP contribution in [-0.2, 0) is 13.0 Å². The summed E-state index contributed by atoms with van der Waals surface area (Å²) < 4.78 is 26.7. The third kappa shape index (κ3) is 5.84. The second-order valence-corrected chi connectivity index (χ2v) is 5.65. The monoisotopic (exact) mass is 396 g/mol. The van der Waals surface area contributed by atoms with Gasteiger partial charge in [0.2, 0.25) is 5.75 Å². The van der Waals surface area contributed by atoms with E-state index >= 15 is 0 Å². The van der Waals surface area contributed by atoms with Crippen LogP contribution in [0.1, 0.15) is 11.1 Å². The minimum atomic E-state index is 0. The Labute approximate surface area is 167 Å². The molecule has 0 radical (unpaired) electrons. The lowest BCUT2D eigenvalue weighted by atomic mass is 10.1. The van der Waals surface area contributed by atoms with Crippen LogP contribution in [0, 0.1) is 0 Å². The van der Waals surface area contributed by atoms with E-state index in [4.69, 9.17) is 23.7 Å². The van der Waals surface area contributed by atoms with Crippen LogP contribution in [0.5, 0.6) is 28.7 Å². The minimum Gasteiger partial charge on any atom is -1.00 e. The molecule has 0 aliphatic rings. The minimum absolute atomic E-state index is 0. The molecule has 0 bridgehead atoms. The third-order valence-electron chi connectivity index (χ3n) is 4.09. The molecule has 0 aliphatic carbocycles. The fourth-order valence-electron chi connectivity index (χ4n) is 2.74. The number of hydrogen-bond acceptors (Lipinski definition) is 6. The van der Waals surface area contributed by atoms with Crippen molar-refractivity contribution >= 4 is 0 Å². The molecule has 6 nitrogen and oxygen atoms in total. The largest absolute Gasteiger partial charge is 1.00 e. The summed E-state index contributed by atoms with van der Waals surface area (Å²) in [6, 6.07) is 9.87. The van der Waals surface area contributed by atoms with Gasteiger partial charge in [-0.15, -0.1) is 0 Å². The Hall–Kier alpha value is -2.31. The summed E-state index contributed by atoms with van der Waals surface area (Å²) in [6.45, 7) is 1.52. The Morgan fingerprint density at radius 3 is 1.74 bits per heavy atom. The van der Waals surface area contributed by atoms with Gasteiger partial charge in [0.05, 0.1) is 35.5 Å². The molecule has 0 heterocycles. The molecule has 0 fully saturated rings. The smallest absolute Gasteiger partial charge is 0.203 e. The van der Waals surface area contributed by atoms with Gasteiger partial charge in [-0.05, 0) is 48.4 Å². The van der Waals surface area contributed by atoms with Crippen LogP contribution in [-0.4, -0.2) is 42.1 Å². The highest BCUT2D eigenvalue weighted by atomic mass is 35.5. The molecule has 0 saturated heterocycles. The summed E-state index contributed by atoms with van der Waals surface area (Å²) in [4.78, 5) is 0. The van der Waals surface area contributed by atoms with E-state index in [0.717, 1.165) is 30.0 Å². The number of ether oxygens (including phenoxy) is 5. The standard InChI is InChI=1S/C20H27NO5.ClH/c1-22-16-7-6-14(10-17(16)23-2)8-9-21-13-15-11-18(24-3)20(26-5)19(12-15)25-4;/h6-7,10-12,21H,8-9,13H2,1-5H3;1H/p-1. The summed E-state index contributed by atoms with van der Waals surface area (Å²) in [7, 11) is 8.11. The van der Waals surface area contributed by atoms with Crippen molar-refractivity contribution in [1.29, 1.82) is 0 Å². The molecule has 7 heteroatoms. The maximum absolute atomic E-state index is 5.38. The summed E-state index contributed by atoms with van der Waals surface area (Å²) in [5.74, 6) is 3.40. The van der Waals surface area contributed by atoms with Crippen LogP contribution in [0.3, 0.4) is 0 Å². The molecule has 0 saturated carbocycles. The predicted molar refractivity (Wildman–Crippen MR) is 101 cm³/mol. The first kappa shape index (κ1) is 22.7. The van der Waals surface area contributed by atoms with Crippen molar-refractivity contribution in [2.45, 2.75) is 13.0 Å². The van der Waals surface area contributed by atoms with E-state index in [0.29, 0.717) is 23.8 Å². The van der Waals surface area contributed by atoms with Crippen LogP contribution < -0.4 is 41.4 Å². The zero-order valence-electron chi connectivity index (χ0n) is 16.4. The van der Waals surface area contributed by atoms with E-state index in [-0.39, 0.29) is 12.4 Å². The van der Waals surface area contributed by atoms with Crippen LogP contribution in [0.4, 0.5) is 0 Å². The van der Waals surface area contributed by atoms with E-state index in [2.05, 4.69) is 5.32 Å². The molecular formula is C20H27ClNO5-. The number of halogens is 1. The third-order valence-corrected chi connectivity index (χ3v) is 4.09. The first-order valence-electron chi connectivity index (χ1n) is 8.37. The summed E-state index contributed by atoms with van der Waals surface area (Å²) in [6.07, 6.45) is 0.880. The number of nitrogens with one attached hydrogen (secondary N) is 1. The van der Waals surface area contributed by atoms with E-state index in [1.54, 1.807) is 35.5 Å². The van der Waals surface area contributed by atoms with Gasteiger partial charge in [-0.2, -0.15) is 0 Å². The van der Waals surface area contributed by atoms with E-state index in [1.807, 2.05) is 30.3 Å². The van der Waals surface area contributed by atoms with E-state index in [1.165, 1.54) is 5.56 Å². The molecule has 0 spiro atoms. The molecule has 0 aromatic heterocycles. The maximum Gasteiger partial charge on any atom is 0.203 e. The SMILES string of the molecule is COc1ccc(CCNCc2cc(OC)c(OC)c(OC)c2)cc1OC.[Cl-]. The van der Waals surface area contributed by atoms with Gasteiger partial charge >= 0.3 is 0 Å². The van der Waals surface area contributed by atoms with Gasteiger partial charge in [-0.3, -0.25) is 0 Å². The zero-order valence-corrected chi connectivity index (χ0v) is 17.2. The predicted octanol–water partition coefficient (Wildman–Crippen LogP) is 0.0659. The Balaban J connectivity index is 0.00000364. The molecule has 0 atom stereocenters. The lowest BCUT2D eigenvalue weighted by Gasteiger charge is -2.14. The molecule has 0 amide bonds. The quantitative estimate of drug-likeness (QED) is 0.573. The number of hydrogen-bond donors (Lipinski definition) is 1. The highest BCUT2D eigenvalue weighted by Gasteiger charge is 2.13. The average molecular weight is 397 g/mol. The maximum atomic E-state index is 5.38. The van der Waals surface area contributed by atoms with Crippen molar-refractivity contribution in [3.05, 3.63) is 41.5 Å². The molecule has 0 unspecified atom stereocenters. The van der Waals surface area contributed by atoms with Crippen molar-refractivity contribution < 1.29 is 36.1 Å². The normalized spacial score (nSPS) is 9.96. The number of rotatable bonds is 10.